The van der Waals surface area contributed by atoms with Gasteiger partial charge in [-0.05, 0) is 91.3 Å². The summed E-state index contributed by atoms with van der Waals surface area (Å²) in [6, 6.07) is 0. The van der Waals surface area contributed by atoms with Crippen LogP contribution < -0.4 is 64.0 Å². The SMILES string of the molecule is CC(=O)O[C@@H]1C[C@H]2[C@@H]3C[C@H](OP(=O)([O-])O[C@@H]4O[C@H](CO)[C@@H](O)[C@H](O)[C@H]4O)C4C[C@@H](OS(=O)(=O)[O-])CC[C@]4(C)[C@H]3CC[C@]2(C)[C@H]1[C@H](C)CCCC(C)C.[Na+].[Na+]. The Kier molecular flexibility index (Phi) is 17.7. The summed E-state index contributed by atoms with van der Waals surface area (Å²) >= 11 is 0. The molecule has 1 aliphatic heterocycles. The number of aliphatic hydroxyl groups is 4. The normalized spacial score (nSPS) is 43.7. The topological polar surface area (TPSA) is 241 Å². The molecule has 1 saturated heterocycles. The number of hydrogen-bond donors (Lipinski definition) is 4. The molecule has 0 aromatic rings. The molecule has 15 nitrogen and oxygen atoms in total. The van der Waals surface area contributed by atoms with Gasteiger partial charge in [0.2, 0.25) is 10.4 Å². The van der Waals surface area contributed by atoms with E-state index in [2.05, 4.69) is 34.6 Å². The van der Waals surface area contributed by atoms with Crippen LogP contribution in [-0.4, -0.2) is 95.0 Å². The maximum Gasteiger partial charge on any atom is 1.00 e. The van der Waals surface area contributed by atoms with Gasteiger partial charge < -0.3 is 43.9 Å². The molecule has 0 aromatic carbocycles. The minimum atomic E-state index is -5.38. The second-order valence-corrected chi connectivity index (χ2v) is 19.6. The van der Waals surface area contributed by atoms with Gasteiger partial charge in [-0.2, -0.15) is 0 Å². The number of aliphatic hydroxyl groups excluding tert-OH is 4. The van der Waals surface area contributed by atoms with Gasteiger partial charge in [-0.25, -0.2) is 8.42 Å². The third-order valence-electron chi connectivity index (χ3n) is 13.7. The van der Waals surface area contributed by atoms with E-state index in [-0.39, 0.29) is 125 Å². The monoisotopic (exact) mass is 828 g/mol. The van der Waals surface area contributed by atoms with Crippen LogP contribution in [0, 0.1) is 52.3 Å². The zero-order chi connectivity index (χ0) is 38.6. The van der Waals surface area contributed by atoms with Gasteiger partial charge in [-0.1, -0.05) is 53.9 Å². The molecule has 1 heterocycles. The van der Waals surface area contributed by atoms with Crippen molar-refractivity contribution in [3.05, 3.63) is 0 Å². The van der Waals surface area contributed by atoms with Crippen LogP contribution in [0.1, 0.15) is 106 Å². The quantitative estimate of drug-likeness (QED) is 0.0470. The first kappa shape index (κ1) is 49.6. The van der Waals surface area contributed by atoms with Gasteiger partial charge in [0, 0.05) is 12.8 Å². The van der Waals surface area contributed by atoms with E-state index >= 15 is 0 Å². The van der Waals surface area contributed by atoms with E-state index in [1.54, 1.807) is 0 Å². The molecule has 302 valence electrons. The van der Waals surface area contributed by atoms with Crippen LogP contribution in [-0.2, 0) is 42.5 Å². The number of phosphoric ester groups is 1. The molecule has 19 heteroatoms. The Labute approximate surface area is 364 Å². The van der Waals surface area contributed by atoms with Gasteiger partial charge >= 0.3 is 65.1 Å². The van der Waals surface area contributed by atoms with Gasteiger partial charge in [-0.3, -0.25) is 18.1 Å². The summed E-state index contributed by atoms with van der Waals surface area (Å²) in [6.45, 7) is 11.6. The third kappa shape index (κ3) is 10.8. The van der Waals surface area contributed by atoms with E-state index in [9.17, 15) is 47.6 Å². The van der Waals surface area contributed by atoms with Crippen molar-refractivity contribution >= 4 is 24.2 Å². The van der Waals surface area contributed by atoms with Crippen LogP contribution >= 0.6 is 7.82 Å². The number of esters is 1. The van der Waals surface area contributed by atoms with E-state index < -0.39 is 79.1 Å². The molecule has 0 aromatic heterocycles. The van der Waals surface area contributed by atoms with Gasteiger partial charge in [0.25, 0.3) is 7.82 Å². The van der Waals surface area contributed by atoms with Crippen molar-refractivity contribution in [3.63, 3.8) is 0 Å². The standard InChI is InChI=1S/C35H61O15PS.2Na/c1-18(2)8-7-9-19(3)29-27(46-20(4)37)16-24-22-15-26(48-51(41,42)49-33-32(40)31(39)30(38)28(17-36)47-33)25-14-21(50-52(43,44)45)10-12-34(25,5)23(22)11-13-35(24,29)6;;/h18-19,21-33,36,38-40H,7-17H2,1-6H3,(H,41,42)(H,43,44,45);;/q;2*+1/p-2/t19-,21+,22-,23+,24+,25?,26+,27-,28-,29+,30-,31+,32-,33+,34-,35+;;/m1../s1. The average molecular weight is 829 g/mol. The molecule has 0 spiro atoms. The third-order valence-corrected chi connectivity index (χ3v) is 15.2. The fourth-order valence-electron chi connectivity index (χ4n) is 11.5. The van der Waals surface area contributed by atoms with Crippen LogP contribution in [0.25, 0.3) is 0 Å². The number of rotatable bonds is 13. The fraction of sp³-hybridized carbons (Fsp3) is 0.971. The second-order valence-electron chi connectivity index (χ2n) is 17.3. The van der Waals surface area contributed by atoms with E-state index in [4.69, 9.17) is 22.7 Å². The molecular formula is C35H59Na2O15PS. The second kappa shape index (κ2) is 19.3. The summed E-state index contributed by atoms with van der Waals surface area (Å²) in [5, 5.41) is 40.4. The predicted molar refractivity (Wildman–Crippen MR) is 181 cm³/mol. The fourth-order valence-corrected chi connectivity index (χ4v) is 13.0. The number of fused-ring (bicyclic) bond motifs is 5. The van der Waals surface area contributed by atoms with Crippen LogP contribution in [0.5, 0.6) is 0 Å². The molecule has 4 saturated carbocycles. The summed E-state index contributed by atoms with van der Waals surface area (Å²) in [4.78, 5) is 26.1. The molecule has 5 rings (SSSR count). The molecule has 0 amide bonds. The number of carbonyl (C=O) groups excluding carboxylic acids is 1. The maximum atomic E-state index is 13.6. The van der Waals surface area contributed by atoms with Crippen molar-refractivity contribution in [2.75, 3.05) is 6.61 Å². The van der Waals surface area contributed by atoms with Crippen LogP contribution in [0.2, 0.25) is 0 Å². The Morgan fingerprint density at radius 3 is 2.15 bits per heavy atom. The first-order chi connectivity index (χ1) is 24.1. The van der Waals surface area contributed by atoms with Gasteiger partial charge in [0.05, 0.1) is 18.8 Å². The largest absolute Gasteiger partial charge is 1.00 e. The molecule has 4 aliphatic carbocycles. The first-order valence-electron chi connectivity index (χ1n) is 18.9. The Balaban J connectivity index is 0.00000392. The minimum Gasteiger partial charge on any atom is -0.756 e. The van der Waals surface area contributed by atoms with Crippen molar-refractivity contribution in [2.24, 2.45) is 52.3 Å². The van der Waals surface area contributed by atoms with Gasteiger partial charge in [-0.15, -0.1) is 0 Å². The zero-order valence-electron chi connectivity index (χ0n) is 33.1. The zero-order valence-corrected chi connectivity index (χ0v) is 38.8. The Hall–Kier alpha value is 1.25. The average Bonchev–Trinajstić information content (AvgIpc) is 3.32. The van der Waals surface area contributed by atoms with Crippen LogP contribution in [0.15, 0.2) is 0 Å². The van der Waals surface area contributed by atoms with E-state index in [1.165, 1.54) is 6.92 Å². The summed E-state index contributed by atoms with van der Waals surface area (Å²) in [6.07, 6.45) is -4.92. The molecule has 5 fully saturated rings. The molecule has 5 aliphatic rings. The van der Waals surface area contributed by atoms with Crippen molar-refractivity contribution in [2.45, 2.75) is 155 Å². The summed E-state index contributed by atoms with van der Waals surface area (Å²) in [7, 11) is -10.4. The van der Waals surface area contributed by atoms with Crippen molar-refractivity contribution in [1.82, 2.24) is 0 Å². The molecule has 2 unspecified atom stereocenters. The predicted octanol–water partition coefficient (Wildman–Crippen LogP) is -3.22. The van der Waals surface area contributed by atoms with Crippen molar-refractivity contribution in [1.29, 1.82) is 0 Å². The molecule has 4 N–H and O–H groups in total. The van der Waals surface area contributed by atoms with Crippen LogP contribution in [0.3, 0.4) is 0 Å². The van der Waals surface area contributed by atoms with Gasteiger partial charge in [0.15, 0.2) is 6.29 Å². The van der Waals surface area contributed by atoms with Gasteiger partial charge in [0.1, 0.15) is 30.5 Å². The van der Waals surface area contributed by atoms with E-state index in [0.717, 1.165) is 32.1 Å². The van der Waals surface area contributed by atoms with Crippen molar-refractivity contribution < 1.29 is 129 Å². The summed E-state index contributed by atoms with van der Waals surface area (Å²) < 4.78 is 75.8. The Morgan fingerprint density at radius 2 is 1.56 bits per heavy atom. The Bertz CT molecular complexity index is 1420. The molecule has 54 heavy (non-hydrogen) atoms. The maximum absolute atomic E-state index is 13.6. The van der Waals surface area contributed by atoms with Crippen LogP contribution in [0.4, 0.5) is 0 Å². The number of ether oxygens (including phenoxy) is 2. The summed E-state index contributed by atoms with van der Waals surface area (Å²) in [5.74, 6) is 0.0811. The first-order valence-corrected chi connectivity index (χ1v) is 21.7. The summed E-state index contributed by atoms with van der Waals surface area (Å²) in [5.41, 5.74) is -0.778. The molecule has 17 atom stereocenters. The number of phosphoric acid groups is 1. The van der Waals surface area contributed by atoms with E-state index in [1.807, 2.05) is 0 Å². The molecule has 0 radical (unpaired) electrons. The molecule has 0 bridgehead atoms. The van der Waals surface area contributed by atoms with E-state index in [0.29, 0.717) is 18.8 Å². The number of hydrogen-bond acceptors (Lipinski definition) is 15. The van der Waals surface area contributed by atoms with Crippen molar-refractivity contribution in [3.8, 4) is 0 Å². The number of carbonyl (C=O) groups is 1. The molecular weight excluding hydrogens is 769 g/mol. The Morgan fingerprint density at radius 1 is 0.907 bits per heavy atom. The smallest absolute Gasteiger partial charge is 0.756 e. The minimum absolute atomic E-state index is 0.